The standard InChI is InChI=1S/C14H12Se/c1-2-12-8-10-14(11-9-12)15-13-6-4-3-5-7-13/h2-11H,1H2. The third kappa shape index (κ3) is 2.82. The van der Waals surface area contributed by atoms with Gasteiger partial charge in [0.05, 0.1) is 0 Å². The van der Waals surface area contributed by atoms with E-state index in [9.17, 15) is 0 Å². The van der Waals surface area contributed by atoms with E-state index in [1.165, 1.54) is 14.5 Å². The van der Waals surface area contributed by atoms with Crippen LogP contribution in [0.2, 0.25) is 0 Å². The Bertz CT molecular complexity index is 429. The van der Waals surface area contributed by atoms with Crippen molar-refractivity contribution >= 4 is 30.0 Å². The van der Waals surface area contributed by atoms with Crippen LogP contribution in [0, 0.1) is 0 Å². The Balaban J connectivity index is 2.15. The zero-order valence-electron chi connectivity index (χ0n) is 8.39. The van der Waals surface area contributed by atoms with Crippen LogP contribution in [0.5, 0.6) is 0 Å². The molecular formula is C14H12Se. The molecule has 2 aromatic rings. The van der Waals surface area contributed by atoms with Gasteiger partial charge in [0.1, 0.15) is 0 Å². The third-order valence-corrected chi connectivity index (χ3v) is 4.23. The van der Waals surface area contributed by atoms with Gasteiger partial charge in [-0.25, -0.2) is 0 Å². The second-order valence-corrected chi connectivity index (χ2v) is 5.59. The van der Waals surface area contributed by atoms with Gasteiger partial charge in [-0.15, -0.1) is 0 Å². The van der Waals surface area contributed by atoms with Crippen molar-refractivity contribution < 1.29 is 0 Å². The fourth-order valence-electron chi connectivity index (χ4n) is 1.30. The van der Waals surface area contributed by atoms with E-state index in [0.29, 0.717) is 15.0 Å². The van der Waals surface area contributed by atoms with E-state index >= 15 is 0 Å². The normalized spacial score (nSPS) is 9.87. The molecule has 0 aliphatic rings. The Labute approximate surface area is 96.8 Å². The molecule has 0 aliphatic carbocycles. The van der Waals surface area contributed by atoms with E-state index in [2.05, 4.69) is 61.2 Å². The second-order valence-electron chi connectivity index (χ2n) is 3.19. The van der Waals surface area contributed by atoms with Crippen molar-refractivity contribution in [2.75, 3.05) is 0 Å². The van der Waals surface area contributed by atoms with Crippen LogP contribution in [0.25, 0.3) is 6.08 Å². The Morgan fingerprint density at radius 3 is 2.00 bits per heavy atom. The molecule has 0 unspecified atom stereocenters. The summed E-state index contributed by atoms with van der Waals surface area (Å²) in [6.07, 6.45) is 1.87. The first-order valence-electron chi connectivity index (χ1n) is 4.84. The summed E-state index contributed by atoms with van der Waals surface area (Å²) in [5.74, 6) is 0. The molecule has 0 amide bonds. The van der Waals surface area contributed by atoms with Crippen molar-refractivity contribution in [2.45, 2.75) is 0 Å². The van der Waals surface area contributed by atoms with Crippen molar-refractivity contribution in [3.8, 4) is 0 Å². The van der Waals surface area contributed by atoms with Gasteiger partial charge in [0.2, 0.25) is 0 Å². The van der Waals surface area contributed by atoms with E-state index < -0.39 is 0 Å². The fourth-order valence-corrected chi connectivity index (χ4v) is 3.05. The molecule has 15 heavy (non-hydrogen) atoms. The zero-order chi connectivity index (χ0) is 10.5. The van der Waals surface area contributed by atoms with Gasteiger partial charge in [0.25, 0.3) is 0 Å². The first kappa shape index (κ1) is 10.2. The summed E-state index contributed by atoms with van der Waals surface area (Å²) in [5.41, 5.74) is 1.18. The van der Waals surface area contributed by atoms with Crippen molar-refractivity contribution in [2.24, 2.45) is 0 Å². The third-order valence-electron chi connectivity index (χ3n) is 2.09. The number of benzene rings is 2. The van der Waals surface area contributed by atoms with Crippen LogP contribution in [-0.2, 0) is 0 Å². The molecule has 0 N–H and O–H groups in total. The fraction of sp³-hybridized carbons (Fsp3) is 0. The molecule has 2 aromatic carbocycles. The summed E-state index contributed by atoms with van der Waals surface area (Å²) >= 11 is 0.418. The Kier molecular flexibility index (Phi) is 3.39. The average Bonchev–Trinajstić information content (AvgIpc) is 2.31. The molecule has 0 bridgehead atoms. The maximum absolute atomic E-state index is 3.75. The number of hydrogen-bond donors (Lipinski definition) is 0. The topological polar surface area (TPSA) is 0 Å². The molecule has 74 valence electrons. The van der Waals surface area contributed by atoms with E-state index in [1.54, 1.807) is 0 Å². The van der Waals surface area contributed by atoms with Gasteiger partial charge < -0.3 is 0 Å². The van der Waals surface area contributed by atoms with Gasteiger partial charge in [-0.2, -0.15) is 0 Å². The SMILES string of the molecule is C=Cc1ccc([Se]c2ccccc2)cc1. The van der Waals surface area contributed by atoms with E-state index in [1.807, 2.05) is 6.08 Å². The molecule has 0 aliphatic heterocycles. The van der Waals surface area contributed by atoms with Crippen molar-refractivity contribution in [1.82, 2.24) is 0 Å². The predicted octanol–water partition coefficient (Wildman–Crippen LogP) is 1.98. The molecule has 0 heterocycles. The average molecular weight is 259 g/mol. The van der Waals surface area contributed by atoms with Gasteiger partial charge in [-0.05, 0) is 0 Å². The van der Waals surface area contributed by atoms with Gasteiger partial charge in [-0.3, -0.25) is 0 Å². The second kappa shape index (κ2) is 4.97. The van der Waals surface area contributed by atoms with E-state index in [4.69, 9.17) is 0 Å². The van der Waals surface area contributed by atoms with Crippen LogP contribution >= 0.6 is 0 Å². The first-order chi connectivity index (χ1) is 7.38. The number of hydrogen-bond acceptors (Lipinski definition) is 0. The van der Waals surface area contributed by atoms with Crippen molar-refractivity contribution in [3.63, 3.8) is 0 Å². The Hall–Kier alpha value is -1.30. The van der Waals surface area contributed by atoms with Crippen LogP contribution in [-0.4, -0.2) is 15.0 Å². The zero-order valence-corrected chi connectivity index (χ0v) is 10.1. The summed E-state index contributed by atoms with van der Waals surface area (Å²) in [5, 5.41) is 0. The maximum atomic E-state index is 3.75. The van der Waals surface area contributed by atoms with Gasteiger partial charge in [0.15, 0.2) is 0 Å². The van der Waals surface area contributed by atoms with E-state index in [-0.39, 0.29) is 0 Å². The molecular weight excluding hydrogens is 247 g/mol. The van der Waals surface area contributed by atoms with Crippen molar-refractivity contribution in [3.05, 3.63) is 66.7 Å². The Morgan fingerprint density at radius 1 is 0.800 bits per heavy atom. The van der Waals surface area contributed by atoms with E-state index in [0.717, 1.165) is 0 Å². The van der Waals surface area contributed by atoms with Crippen LogP contribution in [0.4, 0.5) is 0 Å². The monoisotopic (exact) mass is 260 g/mol. The molecule has 0 aromatic heterocycles. The number of rotatable bonds is 3. The molecule has 0 spiro atoms. The quantitative estimate of drug-likeness (QED) is 0.739. The summed E-state index contributed by atoms with van der Waals surface area (Å²) in [7, 11) is 0. The van der Waals surface area contributed by atoms with Crippen molar-refractivity contribution in [1.29, 1.82) is 0 Å². The molecule has 0 fully saturated rings. The summed E-state index contributed by atoms with van der Waals surface area (Å²) in [6, 6.07) is 19.2. The molecule has 0 saturated carbocycles. The molecule has 1 heteroatoms. The molecule has 0 nitrogen and oxygen atoms in total. The minimum atomic E-state index is 0.418. The van der Waals surface area contributed by atoms with Crippen LogP contribution in [0.15, 0.2) is 61.2 Å². The van der Waals surface area contributed by atoms with Gasteiger partial charge in [-0.1, -0.05) is 0 Å². The Morgan fingerprint density at radius 2 is 1.40 bits per heavy atom. The van der Waals surface area contributed by atoms with Gasteiger partial charge in [0, 0.05) is 0 Å². The van der Waals surface area contributed by atoms with Gasteiger partial charge >= 0.3 is 96.7 Å². The van der Waals surface area contributed by atoms with Crippen LogP contribution < -0.4 is 8.92 Å². The summed E-state index contributed by atoms with van der Waals surface area (Å²) in [6.45, 7) is 3.75. The molecule has 2 rings (SSSR count). The minimum absolute atomic E-state index is 0.418. The van der Waals surface area contributed by atoms with Crippen LogP contribution in [0.1, 0.15) is 5.56 Å². The summed E-state index contributed by atoms with van der Waals surface area (Å²) in [4.78, 5) is 0. The summed E-state index contributed by atoms with van der Waals surface area (Å²) < 4.78 is 2.82. The molecule has 0 radical (unpaired) electrons. The predicted molar refractivity (Wildman–Crippen MR) is 68.0 cm³/mol. The first-order valence-corrected chi connectivity index (χ1v) is 6.55. The van der Waals surface area contributed by atoms with Crippen LogP contribution in [0.3, 0.4) is 0 Å². The molecule has 0 saturated heterocycles. The molecule has 0 atom stereocenters.